The molecule has 2 aromatic carbocycles. The van der Waals surface area contributed by atoms with E-state index in [4.69, 9.17) is 4.74 Å². The highest BCUT2D eigenvalue weighted by Gasteiger charge is 2.36. The lowest BCUT2D eigenvalue weighted by atomic mass is 10.1. The Morgan fingerprint density at radius 2 is 1.96 bits per heavy atom. The molecule has 148 valence electrons. The van der Waals surface area contributed by atoms with Crippen molar-refractivity contribution in [2.45, 2.75) is 19.1 Å². The number of rotatable bonds is 8. The van der Waals surface area contributed by atoms with Crippen LogP contribution < -0.4 is 15.0 Å². The van der Waals surface area contributed by atoms with Crippen molar-refractivity contribution in [3.63, 3.8) is 0 Å². The largest absolute Gasteiger partial charge is 0.495 e. The summed E-state index contributed by atoms with van der Waals surface area (Å²) in [5, 5.41) is 2.97. The number of aryl methyl sites for hydroxylation is 1. The molecule has 1 fully saturated rings. The SMILES string of the molecule is COc1ccccc1N1CC(C(=O)NCCSCc2ccc(C)cc2)CC1=O. The van der Waals surface area contributed by atoms with Gasteiger partial charge in [-0.1, -0.05) is 42.0 Å². The van der Waals surface area contributed by atoms with Crippen molar-refractivity contribution >= 4 is 29.3 Å². The average Bonchev–Trinajstić information content (AvgIpc) is 3.10. The molecule has 2 aromatic rings. The Bertz CT molecular complexity index is 823. The summed E-state index contributed by atoms with van der Waals surface area (Å²) in [6, 6.07) is 15.9. The Balaban J connectivity index is 1.44. The molecule has 1 aliphatic rings. The van der Waals surface area contributed by atoms with Crippen LogP contribution >= 0.6 is 11.8 Å². The maximum Gasteiger partial charge on any atom is 0.227 e. The third-order valence-electron chi connectivity index (χ3n) is 4.81. The molecule has 1 unspecified atom stereocenters. The predicted molar refractivity (Wildman–Crippen MR) is 114 cm³/mol. The molecule has 0 aromatic heterocycles. The van der Waals surface area contributed by atoms with E-state index >= 15 is 0 Å². The number of para-hydroxylation sites is 2. The van der Waals surface area contributed by atoms with Crippen molar-refractivity contribution in [3.8, 4) is 5.75 Å². The fourth-order valence-corrected chi connectivity index (χ4v) is 4.05. The van der Waals surface area contributed by atoms with Crippen LogP contribution in [0.25, 0.3) is 0 Å². The maximum atomic E-state index is 12.5. The topological polar surface area (TPSA) is 58.6 Å². The zero-order valence-corrected chi connectivity index (χ0v) is 17.1. The highest BCUT2D eigenvalue weighted by Crippen LogP contribution is 2.32. The van der Waals surface area contributed by atoms with Gasteiger partial charge in [-0.2, -0.15) is 11.8 Å². The molecule has 2 amide bonds. The lowest BCUT2D eigenvalue weighted by molar-refractivity contribution is -0.126. The first-order valence-corrected chi connectivity index (χ1v) is 10.6. The molecule has 0 saturated carbocycles. The Kier molecular flexibility index (Phi) is 6.98. The quantitative estimate of drug-likeness (QED) is 0.693. The summed E-state index contributed by atoms with van der Waals surface area (Å²) < 4.78 is 5.34. The number of methoxy groups -OCH3 is 1. The molecule has 1 heterocycles. The normalized spacial score (nSPS) is 16.3. The zero-order valence-electron chi connectivity index (χ0n) is 16.3. The van der Waals surface area contributed by atoms with Crippen LogP contribution in [0.5, 0.6) is 5.75 Å². The lowest BCUT2D eigenvalue weighted by Crippen LogP contribution is -2.34. The Morgan fingerprint density at radius 1 is 1.21 bits per heavy atom. The molecular formula is C22H26N2O3S. The van der Waals surface area contributed by atoms with E-state index in [-0.39, 0.29) is 24.2 Å². The molecule has 1 atom stereocenters. The Morgan fingerprint density at radius 3 is 2.71 bits per heavy atom. The molecule has 0 radical (unpaired) electrons. The highest BCUT2D eigenvalue weighted by molar-refractivity contribution is 7.98. The van der Waals surface area contributed by atoms with Crippen LogP contribution in [0.2, 0.25) is 0 Å². The van der Waals surface area contributed by atoms with Gasteiger partial charge in [-0.15, -0.1) is 0 Å². The van der Waals surface area contributed by atoms with Crippen LogP contribution in [-0.4, -0.2) is 37.8 Å². The van der Waals surface area contributed by atoms with Gasteiger partial charge in [-0.25, -0.2) is 0 Å². The molecule has 1 N–H and O–H groups in total. The summed E-state index contributed by atoms with van der Waals surface area (Å²) in [6.07, 6.45) is 0.236. The number of amides is 2. The first-order valence-electron chi connectivity index (χ1n) is 9.43. The third kappa shape index (κ3) is 5.07. The van der Waals surface area contributed by atoms with Gasteiger partial charge in [0.2, 0.25) is 11.8 Å². The van der Waals surface area contributed by atoms with Crippen molar-refractivity contribution < 1.29 is 14.3 Å². The number of benzene rings is 2. The number of carbonyl (C=O) groups is 2. The van der Waals surface area contributed by atoms with E-state index in [9.17, 15) is 9.59 Å². The van der Waals surface area contributed by atoms with Crippen molar-refractivity contribution in [1.82, 2.24) is 5.32 Å². The van der Waals surface area contributed by atoms with Gasteiger partial charge < -0.3 is 15.0 Å². The standard InChI is InChI=1S/C22H26N2O3S/c1-16-7-9-17(10-8-16)15-28-12-11-23-22(26)18-13-21(25)24(14-18)19-5-3-4-6-20(19)27-2/h3-10,18H,11-15H2,1-2H3,(H,23,26). The van der Waals surface area contributed by atoms with Gasteiger partial charge in [-0.05, 0) is 24.6 Å². The minimum absolute atomic E-state index is 0.0432. The smallest absolute Gasteiger partial charge is 0.227 e. The third-order valence-corrected chi connectivity index (χ3v) is 5.84. The molecule has 0 spiro atoms. The molecule has 1 aliphatic heterocycles. The number of ether oxygens (including phenoxy) is 1. The monoisotopic (exact) mass is 398 g/mol. The second-order valence-corrected chi connectivity index (χ2v) is 8.01. The van der Waals surface area contributed by atoms with Gasteiger partial charge in [0.25, 0.3) is 0 Å². The first kappa shape index (κ1) is 20.3. The van der Waals surface area contributed by atoms with Gasteiger partial charge in [-0.3, -0.25) is 9.59 Å². The minimum atomic E-state index is -0.320. The second-order valence-electron chi connectivity index (χ2n) is 6.91. The first-order chi connectivity index (χ1) is 13.6. The van der Waals surface area contributed by atoms with Crippen LogP contribution in [0.4, 0.5) is 5.69 Å². The molecule has 28 heavy (non-hydrogen) atoms. The molecule has 6 heteroatoms. The molecule has 0 aliphatic carbocycles. The second kappa shape index (κ2) is 9.64. The summed E-state index contributed by atoms with van der Waals surface area (Å²) in [5.41, 5.74) is 3.27. The molecule has 3 rings (SSSR count). The van der Waals surface area contributed by atoms with Gasteiger partial charge in [0.05, 0.1) is 18.7 Å². The minimum Gasteiger partial charge on any atom is -0.495 e. The van der Waals surface area contributed by atoms with Crippen LogP contribution in [0, 0.1) is 12.8 Å². The van der Waals surface area contributed by atoms with E-state index in [1.165, 1.54) is 11.1 Å². The highest BCUT2D eigenvalue weighted by atomic mass is 32.2. The lowest BCUT2D eigenvalue weighted by Gasteiger charge is -2.19. The fourth-order valence-electron chi connectivity index (χ4n) is 3.23. The molecular weight excluding hydrogens is 372 g/mol. The number of anilines is 1. The van der Waals surface area contributed by atoms with E-state index in [1.807, 2.05) is 24.3 Å². The number of nitrogens with one attached hydrogen (secondary N) is 1. The Hall–Kier alpha value is -2.47. The molecule has 1 saturated heterocycles. The summed E-state index contributed by atoms with van der Waals surface area (Å²) in [7, 11) is 1.58. The van der Waals surface area contributed by atoms with Crippen LogP contribution in [-0.2, 0) is 15.3 Å². The van der Waals surface area contributed by atoms with E-state index < -0.39 is 0 Å². The van der Waals surface area contributed by atoms with E-state index in [0.717, 1.165) is 17.2 Å². The van der Waals surface area contributed by atoms with E-state index in [1.54, 1.807) is 23.8 Å². The predicted octanol–water partition coefficient (Wildman–Crippen LogP) is 3.41. The van der Waals surface area contributed by atoms with Crippen LogP contribution in [0.3, 0.4) is 0 Å². The van der Waals surface area contributed by atoms with Crippen molar-refractivity contribution in [1.29, 1.82) is 0 Å². The van der Waals surface area contributed by atoms with Crippen LogP contribution in [0.15, 0.2) is 48.5 Å². The molecule has 0 bridgehead atoms. The summed E-state index contributed by atoms with van der Waals surface area (Å²) in [4.78, 5) is 26.5. The van der Waals surface area contributed by atoms with Crippen LogP contribution in [0.1, 0.15) is 17.5 Å². The summed E-state index contributed by atoms with van der Waals surface area (Å²) in [6.45, 7) is 3.07. The number of carbonyl (C=O) groups excluding carboxylic acids is 2. The summed E-state index contributed by atoms with van der Waals surface area (Å²) >= 11 is 1.79. The molecule has 5 nitrogen and oxygen atoms in total. The van der Waals surface area contributed by atoms with Crippen molar-refractivity contribution in [2.24, 2.45) is 5.92 Å². The van der Waals surface area contributed by atoms with E-state index in [0.29, 0.717) is 18.8 Å². The van der Waals surface area contributed by atoms with Gasteiger partial charge >= 0.3 is 0 Å². The zero-order chi connectivity index (χ0) is 19.9. The Labute approximate surface area is 170 Å². The summed E-state index contributed by atoms with van der Waals surface area (Å²) in [5.74, 6) is 2.00. The van der Waals surface area contributed by atoms with Crippen molar-refractivity contribution in [2.75, 3.05) is 30.9 Å². The van der Waals surface area contributed by atoms with Crippen molar-refractivity contribution in [3.05, 3.63) is 59.7 Å². The van der Waals surface area contributed by atoms with Gasteiger partial charge in [0.15, 0.2) is 0 Å². The van der Waals surface area contributed by atoms with Gasteiger partial charge in [0.1, 0.15) is 5.75 Å². The number of hydrogen-bond acceptors (Lipinski definition) is 4. The maximum absolute atomic E-state index is 12.5. The average molecular weight is 399 g/mol. The number of nitrogens with zero attached hydrogens (tertiary/aromatic N) is 1. The fraction of sp³-hybridized carbons (Fsp3) is 0.364. The number of thioether (sulfide) groups is 1. The van der Waals surface area contributed by atoms with E-state index in [2.05, 4.69) is 36.5 Å². The number of hydrogen-bond donors (Lipinski definition) is 1. The van der Waals surface area contributed by atoms with Gasteiger partial charge in [0, 0.05) is 31.0 Å².